The molecular weight excluding hydrogens is 192 g/mol. The summed E-state index contributed by atoms with van der Waals surface area (Å²) in [6.07, 6.45) is 8.00. The summed E-state index contributed by atoms with van der Waals surface area (Å²) in [4.78, 5) is 0. The van der Waals surface area contributed by atoms with Crippen LogP contribution in [-0.4, -0.2) is 0 Å². The van der Waals surface area contributed by atoms with E-state index >= 15 is 0 Å². The van der Waals surface area contributed by atoms with Crippen molar-refractivity contribution >= 4 is 0 Å². The third-order valence-electron chi connectivity index (χ3n) is 0. The maximum Gasteiger partial charge on any atom is 4.00 e. The van der Waals surface area contributed by atoms with E-state index in [4.69, 9.17) is 0 Å². The average Bonchev–Trinajstić information content (AvgIpc) is 1.92. The summed E-state index contributed by atoms with van der Waals surface area (Å²) in [5.41, 5.74) is 0. The van der Waals surface area contributed by atoms with Crippen molar-refractivity contribution in [3.05, 3.63) is 25.7 Å². The number of rotatable bonds is 0. The average molecular weight is 220 g/mol. The smallest absolute Gasteiger partial charge is 0.335 e. The summed E-state index contributed by atoms with van der Waals surface area (Å²) in [6.45, 7) is 16.0. The largest absolute Gasteiger partial charge is 4.00 e. The molecule has 0 rings (SSSR count). The first-order chi connectivity index (χ1) is 5.66. The fourth-order valence-electron chi connectivity index (χ4n) is 0. The van der Waals surface area contributed by atoms with Gasteiger partial charge in [0.2, 0.25) is 0 Å². The number of hydrogen-bond acceptors (Lipinski definition) is 0. The van der Waals surface area contributed by atoms with Gasteiger partial charge in [0.25, 0.3) is 0 Å². The maximum absolute atomic E-state index is 2.00. The number of hydrogen-bond donors (Lipinski definition) is 0. The molecule has 0 aromatic carbocycles. The van der Waals surface area contributed by atoms with Crippen molar-refractivity contribution in [3.63, 3.8) is 0 Å². The molecular formula is C12H28Ti. The van der Waals surface area contributed by atoms with Crippen LogP contribution in [0.4, 0.5) is 0 Å². The Morgan fingerprint density at radius 2 is 0.385 bits per heavy atom. The Morgan fingerprint density at radius 3 is 0.385 bits per heavy atom. The Kier molecular flexibility index (Phi) is 176. The molecule has 0 atom stereocenters. The third kappa shape index (κ3) is 2860. The van der Waals surface area contributed by atoms with Crippen LogP contribution in [0.15, 0.2) is 0 Å². The van der Waals surface area contributed by atoms with Gasteiger partial charge in [-0.2, -0.15) is 55.4 Å². The molecule has 0 aliphatic heterocycles. The summed E-state index contributed by atoms with van der Waals surface area (Å²) in [7, 11) is 0. The van der Waals surface area contributed by atoms with Gasteiger partial charge in [-0.15, -0.1) is 0 Å². The van der Waals surface area contributed by atoms with Crippen molar-refractivity contribution < 1.29 is 21.7 Å². The van der Waals surface area contributed by atoms with Gasteiger partial charge in [-0.1, -0.05) is 0 Å². The fourth-order valence-corrected chi connectivity index (χ4v) is 0. The second-order valence-electron chi connectivity index (χ2n) is 2.31. The molecule has 0 saturated carbocycles. The van der Waals surface area contributed by atoms with Gasteiger partial charge in [0.1, 0.15) is 0 Å². The summed E-state index contributed by atoms with van der Waals surface area (Å²) in [5.74, 6) is 0. The van der Waals surface area contributed by atoms with Gasteiger partial charge in [0, 0.05) is 0 Å². The van der Waals surface area contributed by atoms with Crippen LogP contribution in [0.3, 0.4) is 0 Å². The van der Waals surface area contributed by atoms with E-state index in [1.54, 1.807) is 0 Å². The second-order valence-corrected chi connectivity index (χ2v) is 2.31. The topological polar surface area (TPSA) is 0 Å². The van der Waals surface area contributed by atoms with Crippen molar-refractivity contribution in [1.82, 2.24) is 0 Å². The molecule has 0 radical (unpaired) electrons. The third-order valence-corrected chi connectivity index (χ3v) is 0. The molecule has 0 saturated heterocycles. The van der Waals surface area contributed by atoms with Gasteiger partial charge in [-0.3, -0.25) is 0 Å². The Morgan fingerprint density at radius 1 is 0.385 bits per heavy atom. The van der Waals surface area contributed by atoms with Gasteiger partial charge < -0.3 is 25.7 Å². The van der Waals surface area contributed by atoms with E-state index in [1.807, 2.05) is 81.1 Å². The van der Waals surface area contributed by atoms with E-state index in [0.717, 1.165) is 0 Å². The molecule has 0 unspecified atom stereocenters. The molecule has 0 aromatic rings. The predicted octanol–water partition coefficient (Wildman–Crippen LogP) is 4.92. The minimum atomic E-state index is 0. The minimum absolute atomic E-state index is 0. The normalized spacial score (nSPS) is 5.54. The molecule has 0 aliphatic rings. The maximum atomic E-state index is 2.00. The molecule has 0 spiro atoms. The fraction of sp³-hybridized carbons (Fsp3) is 0.667. The molecule has 1 heteroatoms. The van der Waals surface area contributed by atoms with Gasteiger partial charge in [0.15, 0.2) is 0 Å². The molecule has 0 bridgehead atoms. The van der Waals surface area contributed by atoms with Crippen LogP contribution >= 0.6 is 0 Å². The molecule has 80 valence electrons. The first-order valence-corrected chi connectivity index (χ1v) is 4.62. The van der Waals surface area contributed by atoms with Crippen LogP contribution in [0, 0.1) is 25.7 Å². The van der Waals surface area contributed by atoms with E-state index in [2.05, 4.69) is 0 Å². The zero-order chi connectivity index (χ0) is 10.8. The Bertz CT molecular complexity index is 13.1. The first-order valence-electron chi connectivity index (χ1n) is 4.62. The molecule has 0 amide bonds. The van der Waals surface area contributed by atoms with Crippen LogP contribution in [-0.2, 0) is 21.7 Å². The quantitative estimate of drug-likeness (QED) is 0.401. The summed E-state index contributed by atoms with van der Waals surface area (Å²) >= 11 is 0. The van der Waals surface area contributed by atoms with Crippen LogP contribution in [0.25, 0.3) is 0 Å². The molecule has 0 N–H and O–H groups in total. The molecule has 0 fully saturated rings. The van der Waals surface area contributed by atoms with Crippen molar-refractivity contribution in [3.8, 4) is 0 Å². The van der Waals surface area contributed by atoms with Gasteiger partial charge in [-0.25, -0.2) is 0 Å². The van der Waals surface area contributed by atoms with Gasteiger partial charge in [-0.05, 0) is 0 Å². The Balaban J connectivity index is -0.0000000213. The summed E-state index contributed by atoms with van der Waals surface area (Å²) in [6, 6.07) is 0. The molecule has 13 heavy (non-hydrogen) atoms. The van der Waals surface area contributed by atoms with Crippen LogP contribution in [0.2, 0.25) is 0 Å². The predicted molar refractivity (Wildman–Crippen MR) is 62.6 cm³/mol. The van der Waals surface area contributed by atoms with Crippen molar-refractivity contribution in [2.45, 2.75) is 55.4 Å². The first kappa shape index (κ1) is 29.2. The van der Waals surface area contributed by atoms with Crippen molar-refractivity contribution in [1.29, 1.82) is 0 Å². The van der Waals surface area contributed by atoms with Crippen LogP contribution in [0.5, 0.6) is 0 Å². The Labute approximate surface area is 103 Å². The minimum Gasteiger partial charge on any atom is -0.335 e. The second kappa shape index (κ2) is 78.5. The van der Waals surface area contributed by atoms with Crippen molar-refractivity contribution in [2.75, 3.05) is 0 Å². The SMILES string of the molecule is C[CH-]C.C[CH-]C.C[CH-]C.C[CH-]C.[Ti+4]. The molecule has 0 aliphatic carbocycles. The van der Waals surface area contributed by atoms with E-state index in [1.165, 1.54) is 0 Å². The standard InChI is InChI=1S/4C3H7.Ti/c4*1-3-2;/h4*3H,1-2H3;/q4*-1;+4. The zero-order valence-corrected chi connectivity index (χ0v) is 12.4. The van der Waals surface area contributed by atoms with E-state index in [0.29, 0.717) is 0 Å². The van der Waals surface area contributed by atoms with Crippen molar-refractivity contribution in [2.24, 2.45) is 0 Å². The zero-order valence-electron chi connectivity index (χ0n) is 10.8. The molecule has 0 aromatic heterocycles. The summed E-state index contributed by atoms with van der Waals surface area (Å²) < 4.78 is 0. The molecule has 0 nitrogen and oxygen atoms in total. The van der Waals surface area contributed by atoms with E-state index in [9.17, 15) is 0 Å². The van der Waals surface area contributed by atoms with Crippen LogP contribution < -0.4 is 0 Å². The molecule has 0 heterocycles. The van der Waals surface area contributed by atoms with Gasteiger partial charge in [0.05, 0.1) is 0 Å². The van der Waals surface area contributed by atoms with Gasteiger partial charge >= 0.3 is 21.7 Å². The summed E-state index contributed by atoms with van der Waals surface area (Å²) in [5, 5.41) is 0. The van der Waals surface area contributed by atoms with Crippen LogP contribution in [0.1, 0.15) is 55.4 Å². The van der Waals surface area contributed by atoms with E-state index < -0.39 is 0 Å². The Hall–Kier alpha value is 0.714. The van der Waals surface area contributed by atoms with E-state index in [-0.39, 0.29) is 21.7 Å². The monoisotopic (exact) mass is 220 g/mol.